The number of benzene rings is 1. The third kappa shape index (κ3) is 3.47. The molecule has 1 amide bonds. The van der Waals surface area contributed by atoms with E-state index >= 15 is 0 Å². The molecule has 1 aliphatic heterocycles. The zero-order valence-corrected chi connectivity index (χ0v) is 11.7. The number of hydrogen-bond acceptors (Lipinski definition) is 3. The molecule has 1 aromatic carbocycles. The first-order chi connectivity index (χ1) is 9.10. The summed E-state index contributed by atoms with van der Waals surface area (Å²) in [5, 5.41) is 0. The maximum atomic E-state index is 11.6. The van der Waals surface area contributed by atoms with Crippen LogP contribution >= 0.6 is 0 Å². The van der Waals surface area contributed by atoms with E-state index in [-0.39, 0.29) is 18.6 Å². The summed E-state index contributed by atoms with van der Waals surface area (Å²) < 4.78 is 6.03. The van der Waals surface area contributed by atoms with Crippen molar-refractivity contribution in [3.8, 4) is 5.75 Å². The lowest BCUT2D eigenvalue weighted by molar-refractivity contribution is -0.132. The number of carbonyl (C=O) groups excluding carboxylic acids is 1. The Morgan fingerprint density at radius 1 is 1.47 bits per heavy atom. The smallest absolute Gasteiger partial charge is 0.236 e. The Bertz CT molecular complexity index is 459. The number of nitrogens with zero attached hydrogens (tertiary/aromatic N) is 1. The number of likely N-dealkylation sites (tertiary alicyclic amines) is 1. The van der Waals surface area contributed by atoms with Gasteiger partial charge in [0.25, 0.3) is 0 Å². The summed E-state index contributed by atoms with van der Waals surface area (Å²) in [6, 6.07) is 6.17. The number of ether oxygens (including phenoxy) is 1. The monoisotopic (exact) mass is 262 g/mol. The van der Waals surface area contributed by atoms with Gasteiger partial charge in [-0.15, -0.1) is 0 Å². The largest absolute Gasteiger partial charge is 0.488 e. The highest BCUT2D eigenvalue weighted by Crippen LogP contribution is 2.23. The highest BCUT2D eigenvalue weighted by atomic mass is 16.5. The van der Waals surface area contributed by atoms with Crippen LogP contribution < -0.4 is 10.5 Å². The fraction of sp³-hybridized carbons (Fsp3) is 0.533. The summed E-state index contributed by atoms with van der Waals surface area (Å²) in [6.07, 6.45) is 2.04. The van der Waals surface area contributed by atoms with E-state index in [4.69, 9.17) is 10.5 Å². The molecule has 1 aliphatic rings. The first-order valence-electron chi connectivity index (χ1n) is 6.82. The molecule has 0 aromatic heterocycles. The Morgan fingerprint density at radius 2 is 2.26 bits per heavy atom. The van der Waals surface area contributed by atoms with Gasteiger partial charge >= 0.3 is 0 Å². The minimum absolute atomic E-state index is 0.00827. The Balaban J connectivity index is 2.00. The van der Waals surface area contributed by atoms with Gasteiger partial charge in [-0.2, -0.15) is 0 Å². The van der Waals surface area contributed by atoms with E-state index in [0.717, 1.165) is 30.7 Å². The highest BCUT2D eigenvalue weighted by Gasteiger charge is 2.24. The molecular formula is C15H22N2O2. The lowest BCUT2D eigenvalue weighted by atomic mass is 10.1. The van der Waals surface area contributed by atoms with Crippen molar-refractivity contribution >= 4 is 5.91 Å². The van der Waals surface area contributed by atoms with Gasteiger partial charge < -0.3 is 15.4 Å². The van der Waals surface area contributed by atoms with Gasteiger partial charge in [0.15, 0.2) is 0 Å². The minimum atomic E-state index is 0.00827. The van der Waals surface area contributed by atoms with Gasteiger partial charge in [0.1, 0.15) is 11.9 Å². The Labute approximate surface area is 114 Å². The first kappa shape index (κ1) is 13.9. The number of rotatable bonds is 3. The van der Waals surface area contributed by atoms with E-state index in [2.05, 4.69) is 13.0 Å². The third-order valence-electron chi connectivity index (χ3n) is 3.53. The van der Waals surface area contributed by atoms with Crippen LogP contribution in [0.4, 0.5) is 0 Å². The highest BCUT2D eigenvalue weighted by molar-refractivity contribution is 5.78. The fourth-order valence-electron chi connectivity index (χ4n) is 2.50. The summed E-state index contributed by atoms with van der Waals surface area (Å²) in [5.74, 6) is 0.923. The predicted molar refractivity (Wildman–Crippen MR) is 75.2 cm³/mol. The molecule has 0 radical (unpaired) electrons. The third-order valence-corrected chi connectivity index (χ3v) is 3.53. The van der Waals surface area contributed by atoms with Crippen LogP contribution in [0.2, 0.25) is 0 Å². The average molecular weight is 262 g/mol. The molecule has 0 aliphatic carbocycles. The van der Waals surface area contributed by atoms with Crippen LogP contribution in [-0.4, -0.2) is 36.5 Å². The molecule has 1 fully saturated rings. The molecule has 2 rings (SSSR count). The van der Waals surface area contributed by atoms with Crippen molar-refractivity contribution in [2.24, 2.45) is 5.73 Å². The van der Waals surface area contributed by atoms with Gasteiger partial charge in [-0.3, -0.25) is 4.79 Å². The molecule has 104 valence electrons. The van der Waals surface area contributed by atoms with Crippen molar-refractivity contribution < 1.29 is 9.53 Å². The molecule has 1 saturated heterocycles. The van der Waals surface area contributed by atoms with Gasteiger partial charge in [0.2, 0.25) is 5.91 Å². The molecule has 4 nitrogen and oxygen atoms in total. The van der Waals surface area contributed by atoms with Crippen molar-refractivity contribution in [3.05, 3.63) is 29.3 Å². The molecule has 0 spiro atoms. The van der Waals surface area contributed by atoms with Crippen LogP contribution in [0.25, 0.3) is 0 Å². The van der Waals surface area contributed by atoms with E-state index in [1.807, 2.05) is 19.1 Å². The van der Waals surface area contributed by atoms with Crippen LogP contribution in [0.15, 0.2) is 18.2 Å². The van der Waals surface area contributed by atoms with Crippen LogP contribution in [-0.2, 0) is 4.79 Å². The van der Waals surface area contributed by atoms with Crippen LogP contribution in [0.3, 0.4) is 0 Å². The number of carbonyl (C=O) groups is 1. The zero-order chi connectivity index (χ0) is 13.8. The number of piperidine rings is 1. The quantitative estimate of drug-likeness (QED) is 0.901. The second kappa shape index (κ2) is 6.06. The maximum Gasteiger partial charge on any atom is 0.236 e. The number of hydrogen-bond donors (Lipinski definition) is 1. The lowest BCUT2D eigenvalue weighted by Crippen LogP contribution is -2.46. The summed E-state index contributed by atoms with van der Waals surface area (Å²) in [6.45, 7) is 5.63. The predicted octanol–water partition coefficient (Wildman–Crippen LogP) is 1.63. The van der Waals surface area contributed by atoms with Crippen molar-refractivity contribution in [1.82, 2.24) is 4.90 Å². The van der Waals surface area contributed by atoms with Crippen molar-refractivity contribution in [3.63, 3.8) is 0 Å². The first-order valence-corrected chi connectivity index (χ1v) is 6.82. The number of amides is 1. The summed E-state index contributed by atoms with van der Waals surface area (Å²) in [5.41, 5.74) is 7.78. The normalized spacial score (nSPS) is 19.3. The average Bonchev–Trinajstić information content (AvgIpc) is 2.41. The summed E-state index contributed by atoms with van der Waals surface area (Å²) in [4.78, 5) is 13.4. The van der Waals surface area contributed by atoms with E-state index in [1.165, 1.54) is 5.56 Å². The topological polar surface area (TPSA) is 55.6 Å². The van der Waals surface area contributed by atoms with E-state index in [0.29, 0.717) is 6.54 Å². The Kier molecular flexibility index (Phi) is 4.43. The minimum Gasteiger partial charge on any atom is -0.488 e. The second-order valence-electron chi connectivity index (χ2n) is 5.19. The van der Waals surface area contributed by atoms with Crippen LogP contribution in [0.5, 0.6) is 5.75 Å². The van der Waals surface area contributed by atoms with E-state index in [9.17, 15) is 4.79 Å². The molecule has 4 heteroatoms. The lowest BCUT2D eigenvalue weighted by Gasteiger charge is -2.33. The number of aryl methyl sites for hydroxylation is 2. The molecule has 1 aromatic rings. The van der Waals surface area contributed by atoms with Crippen molar-refractivity contribution in [1.29, 1.82) is 0 Å². The SMILES string of the molecule is Cc1ccc(OC2CCCN(C(=O)CN)C2)c(C)c1. The number of nitrogens with two attached hydrogens (primary N) is 1. The van der Waals surface area contributed by atoms with Gasteiger partial charge in [-0.1, -0.05) is 17.7 Å². The molecule has 0 bridgehead atoms. The van der Waals surface area contributed by atoms with Gasteiger partial charge in [0.05, 0.1) is 13.1 Å². The van der Waals surface area contributed by atoms with Crippen molar-refractivity contribution in [2.45, 2.75) is 32.8 Å². The summed E-state index contributed by atoms with van der Waals surface area (Å²) in [7, 11) is 0. The Hall–Kier alpha value is -1.55. The van der Waals surface area contributed by atoms with Crippen molar-refractivity contribution in [2.75, 3.05) is 19.6 Å². The second-order valence-corrected chi connectivity index (χ2v) is 5.19. The van der Waals surface area contributed by atoms with Crippen LogP contribution in [0.1, 0.15) is 24.0 Å². The van der Waals surface area contributed by atoms with Gasteiger partial charge in [-0.25, -0.2) is 0 Å². The molecule has 1 heterocycles. The van der Waals surface area contributed by atoms with Gasteiger partial charge in [0, 0.05) is 6.54 Å². The maximum absolute atomic E-state index is 11.6. The molecule has 19 heavy (non-hydrogen) atoms. The molecule has 1 unspecified atom stereocenters. The molecule has 1 atom stereocenters. The fourth-order valence-corrected chi connectivity index (χ4v) is 2.50. The van der Waals surface area contributed by atoms with Gasteiger partial charge in [-0.05, 0) is 38.3 Å². The summed E-state index contributed by atoms with van der Waals surface area (Å²) >= 11 is 0. The molecule has 2 N–H and O–H groups in total. The molecular weight excluding hydrogens is 240 g/mol. The van der Waals surface area contributed by atoms with Crippen LogP contribution in [0, 0.1) is 13.8 Å². The Morgan fingerprint density at radius 3 is 2.95 bits per heavy atom. The van der Waals surface area contributed by atoms with E-state index in [1.54, 1.807) is 4.90 Å². The van der Waals surface area contributed by atoms with E-state index < -0.39 is 0 Å². The zero-order valence-electron chi connectivity index (χ0n) is 11.7. The molecule has 0 saturated carbocycles. The standard InChI is InChI=1S/C15H22N2O2/c1-11-5-6-14(12(2)8-11)19-13-4-3-7-17(10-13)15(18)9-16/h5-6,8,13H,3-4,7,9-10,16H2,1-2H3.